The average Bonchev–Trinajstić information content (AvgIpc) is 2.87. The second-order valence-corrected chi connectivity index (χ2v) is 4.97. The molecule has 0 saturated heterocycles. The molecule has 1 unspecified atom stereocenters. The Kier molecular flexibility index (Phi) is 1.71. The Labute approximate surface area is 79.1 Å². The predicted molar refractivity (Wildman–Crippen MR) is 51.1 cm³/mol. The van der Waals surface area contributed by atoms with Gasteiger partial charge in [-0.2, -0.15) is 0 Å². The Morgan fingerprint density at radius 3 is 2.38 bits per heavy atom. The normalized spacial score (nSPS) is 29.4. The molecule has 3 N–H and O–H groups in total. The van der Waals surface area contributed by atoms with Crippen LogP contribution in [-0.2, 0) is 4.79 Å². The Morgan fingerprint density at radius 2 is 2.08 bits per heavy atom. The molecule has 0 heterocycles. The maximum atomic E-state index is 11.4. The number of nitrogens with two attached hydrogens (primary N) is 1. The van der Waals surface area contributed by atoms with Crippen molar-refractivity contribution < 1.29 is 4.79 Å². The smallest absolute Gasteiger partial charge is 0.238 e. The molecule has 0 bridgehead atoms. The SMILES string of the molecule is CC1(C(C)(NC2CC2)C(N)=O)CC1. The van der Waals surface area contributed by atoms with Gasteiger partial charge in [-0.05, 0) is 38.0 Å². The van der Waals surface area contributed by atoms with Crippen molar-refractivity contribution in [2.24, 2.45) is 11.1 Å². The molecule has 0 radical (unpaired) electrons. The van der Waals surface area contributed by atoms with Gasteiger partial charge in [0.1, 0.15) is 5.54 Å². The van der Waals surface area contributed by atoms with Crippen molar-refractivity contribution in [3.63, 3.8) is 0 Å². The van der Waals surface area contributed by atoms with E-state index in [-0.39, 0.29) is 11.3 Å². The third-order valence-electron chi connectivity index (χ3n) is 3.77. The van der Waals surface area contributed by atoms with Crippen molar-refractivity contribution in [2.45, 2.75) is 51.1 Å². The average molecular weight is 182 g/mol. The van der Waals surface area contributed by atoms with E-state index in [1.807, 2.05) is 6.92 Å². The van der Waals surface area contributed by atoms with E-state index in [2.05, 4.69) is 12.2 Å². The van der Waals surface area contributed by atoms with Crippen LogP contribution in [0.5, 0.6) is 0 Å². The van der Waals surface area contributed by atoms with Gasteiger partial charge in [-0.1, -0.05) is 6.92 Å². The fourth-order valence-corrected chi connectivity index (χ4v) is 1.87. The fraction of sp³-hybridized carbons (Fsp3) is 0.900. The lowest BCUT2D eigenvalue weighted by Gasteiger charge is -2.34. The number of primary amides is 1. The molecule has 0 aromatic rings. The van der Waals surface area contributed by atoms with E-state index in [4.69, 9.17) is 5.73 Å². The number of rotatable bonds is 4. The number of hydrogen-bond donors (Lipinski definition) is 2. The number of amides is 1. The van der Waals surface area contributed by atoms with Crippen LogP contribution in [0.25, 0.3) is 0 Å². The van der Waals surface area contributed by atoms with Crippen molar-refractivity contribution in [3.05, 3.63) is 0 Å². The topological polar surface area (TPSA) is 55.1 Å². The summed E-state index contributed by atoms with van der Waals surface area (Å²) < 4.78 is 0. The van der Waals surface area contributed by atoms with Gasteiger partial charge in [0.25, 0.3) is 0 Å². The molecular weight excluding hydrogens is 164 g/mol. The lowest BCUT2D eigenvalue weighted by molar-refractivity contribution is -0.126. The third-order valence-corrected chi connectivity index (χ3v) is 3.77. The lowest BCUT2D eigenvalue weighted by atomic mass is 9.83. The zero-order valence-corrected chi connectivity index (χ0v) is 8.39. The van der Waals surface area contributed by atoms with E-state index in [9.17, 15) is 4.79 Å². The van der Waals surface area contributed by atoms with Crippen LogP contribution < -0.4 is 11.1 Å². The lowest BCUT2D eigenvalue weighted by Crippen LogP contribution is -2.59. The zero-order valence-electron chi connectivity index (χ0n) is 8.39. The van der Waals surface area contributed by atoms with Crippen LogP contribution in [0.3, 0.4) is 0 Å². The van der Waals surface area contributed by atoms with Crippen molar-refractivity contribution in [3.8, 4) is 0 Å². The van der Waals surface area contributed by atoms with Crippen LogP contribution >= 0.6 is 0 Å². The number of hydrogen-bond acceptors (Lipinski definition) is 2. The van der Waals surface area contributed by atoms with Crippen LogP contribution in [0.1, 0.15) is 39.5 Å². The van der Waals surface area contributed by atoms with E-state index in [1.165, 1.54) is 12.8 Å². The van der Waals surface area contributed by atoms with Crippen molar-refractivity contribution >= 4 is 5.91 Å². The summed E-state index contributed by atoms with van der Waals surface area (Å²) in [5, 5.41) is 3.39. The maximum Gasteiger partial charge on any atom is 0.238 e. The number of carbonyl (C=O) groups is 1. The van der Waals surface area contributed by atoms with Gasteiger partial charge in [0.05, 0.1) is 0 Å². The Morgan fingerprint density at radius 1 is 1.54 bits per heavy atom. The van der Waals surface area contributed by atoms with Crippen LogP contribution in [0, 0.1) is 5.41 Å². The molecule has 13 heavy (non-hydrogen) atoms. The van der Waals surface area contributed by atoms with E-state index < -0.39 is 5.54 Å². The van der Waals surface area contributed by atoms with E-state index in [0.717, 1.165) is 12.8 Å². The van der Waals surface area contributed by atoms with Crippen molar-refractivity contribution in [1.29, 1.82) is 0 Å². The highest BCUT2D eigenvalue weighted by Gasteiger charge is 2.57. The highest BCUT2D eigenvalue weighted by molar-refractivity contribution is 5.86. The minimum absolute atomic E-state index is 0.113. The Balaban J connectivity index is 2.13. The van der Waals surface area contributed by atoms with Gasteiger partial charge in [-0.3, -0.25) is 4.79 Å². The summed E-state index contributed by atoms with van der Waals surface area (Å²) in [7, 11) is 0. The van der Waals surface area contributed by atoms with E-state index >= 15 is 0 Å². The second kappa shape index (κ2) is 2.47. The van der Waals surface area contributed by atoms with Crippen LogP contribution in [0.4, 0.5) is 0 Å². The first-order valence-electron chi connectivity index (χ1n) is 5.06. The molecule has 2 aliphatic rings. The molecule has 3 nitrogen and oxygen atoms in total. The first-order valence-corrected chi connectivity index (χ1v) is 5.06. The van der Waals surface area contributed by atoms with E-state index in [1.54, 1.807) is 0 Å². The van der Waals surface area contributed by atoms with Gasteiger partial charge >= 0.3 is 0 Å². The quantitative estimate of drug-likeness (QED) is 0.675. The van der Waals surface area contributed by atoms with Crippen molar-refractivity contribution in [1.82, 2.24) is 5.32 Å². The molecular formula is C10H18N2O. The fourth-order valence-electron chi connectivity index (χ4n) is 1.87. The first kappa shape index (κ1) is 9.00. The van der Waals surface area contributed by atoms with Crippen LogP contribution in [-0.4, -0.2) is 17.5 Å². The predicted octanol–water partition coefficient (Wildman–Crippen LogP) is 0.782. The Hall–Kier alpha value is -0.570. The summed E-state index contributed by atoms with van der Waals surface area (Å²) in [4.78, 5) is 11.4. The van der Waals surface area contributed by atoms with Crippen molar-refractivity contribution in [2.75, 3.05) is 0 Å². The van der Waals surface area contributed by atoms with Gasteiger partial charge in [0.2, 0.25) is 5.91 Å². The molecule has 1 atom stereocenters. The molecule has 2 fully saturated rings. The maximum absolute atomic E-state index is 11.4. The summed E-state index contributed by atoms with van der Waals surface area (Å²) in [6.07, 6.45) is 4.62. The van der Waals surface area contributed by atoms with Gasteiger partial charge < -0.3 is 11.1 Å². The van der Waals surface area contributed by atoms with E-state index in [0.29, 0.717) is 6.04 Å². The number of nitrogens with one attached hydrogen (secondary N) is 1. The summed E-state index contributed by atoms with van der Waals surface area (Å²) in [5.74, 6) is -0.195. The summed E-state index contributed by atoms with van der Waals surface area (Å²) in [6, 6.07) is 0.537. The highest BCUT2D eigenvalue weighted by atomic mass is 16.1. The summed E-state index contributed by atoms with van der Waals surface area (Å²) in [6.45, 7) is 4.10. The van der Waals surface area contributed by atoms with Crippen LogP contribution in [0.2, 0.25) is 0 Å². The molecule has 0 aromatic heterocycles. The van der Waals surface area contributed by atoms with Crippen LogP contribution in [0.15, 0.2) is 0 Å². The molecule has 0 aromatic carbocycles. The monoisotopic (exact) mass is 182 g/mol. The molecule has 0 spiro atoms. The molecule has 2 aliphatic carbocycles. The minimum atomic E-state index is -0.478. The first-order chi connectivity index (χ1) is 5.98. The molecule has 3 heteroatoms. The largest absolute Gasteiger partial charge is 0.368 e. The highest BCUT2D eigenvalue weighted by Crippen LogP contribution is 2.54. The number of carbonyl (C=O) groups excluding carboxylic acids is 1. The Bertz CT molecular complexity index is 243. The zero-order chi connectivity index (χ0) is 9.69. The molecule has 74 valence electrons. The van der Waals surface area contributed by atoms with Gasteiger partial charge in [-0.15, -0.1) is 0 Å². The second-order valence-electron chi connectivity index (χ2n) is 4.97. The van der Waals surface area contributed by atoms with Gasteiger partial charge in [0, 0.05) is 6.04 Å². The minimum Gasteiger partial charge on any atom is -0.368 e. The molecule has 0 aliphatic heterocycles. The third kappa shape index (κ3) is 1.35. The summed E-state index contributed by atoms with van der Waals surface area (Å²) in [5.41, 5.74) is 5.11. The molecule has 1 amide bonds. The molecule has 2 saturated carbocycles. The van der Waals surface area contributed by atoms with Gasteiger partial charge in [0.15, 0.2) is 0 Å². The summed E-state index contributed by atoms with van der Waals surface area (Å²) >= 11 is 0. The van der Waals surface area contributed by atoms with Gasteiger partial charge in [-0.25, -0.2) is 0 Å². The standard InChI is InChI=1S/C10H18N2O/c1-9(5-6-9)10(2,8(11)13)12-7-3-4-7/h7,12H,3-6H2,1-2H3,(H2,11,13). The molecule has 2 rings (SSSR count).